The number of ether oxygens (including phenoxy) is 1. The Labute approximate surface area is 106 Å². The van der Waals surface area contributed by atoms with Crippen molar-refractivity contribution in [2.75, 3.05) is 13.7 Å². The quantitative estimate of drug-likeness (QED) is 0.881. The molecule has 0 amide bonds. The summed E-state index contributed by atoms with van der Waals surface area (Å²) in [4.78, 5) is 2.51. The van der Waals surface area contributed by atoms with Crippen LogP contribution in [0.4, 0.5) is 0 Å². The monoisotopic (exact) mass is 247 g/mol. The van der Waals surface area contributed by atoms with Gasteiger partial charge in [-0.1, -0.05) is 24.3 Å². The molecule has 90 valence electrons. The second kappa shape index (κ2) is 5.96. The van der Waals surface area contributed by atoms with Crippen molar-refractivity contribution in [3.8, 4) is 10.4 Å². The largest absolute Gasteiger partial charge is 0.384 e. The van der Waals surface area contributed by atoms with E-state index < -0.39 is 0 Å². The summed E-state index contributed by atoms with van der Waals surface area (Å²) < 4.78 is 5.07. The van der Waals surface area contributed by atoms with E-state index in [0.29, 0.717) is 6.54 Å². The highest BCUT2D eigenvalue weighted by atomic mass is 32.1. The molecule has 0 atom stereocenters. The standard InChI is InChI=1S/C14H17NOS/c1-16-9-8-11-2-4-12(5-3-11)14-7-6-13(10-15)17-14/h2-7H,8-10,15H2,1H3. The smallest absolute Gasteiger partial charge is 0.0502 e. The minimum absolute atomic E-state index is 0.622. The van der Waals surface area contributed by atoms with Crippen molar-refractivity contribution in [3.63, 3.8) is 0 Å². The molecular weight excluding hydrogens is 230 g/mol. The Bertz CT molecular complexity index is 461. The number of hydrogen-bond donors (Lipinski definition) is 1. The zero-order valence-electron chi connectivity index (χ0n) is 9.98. The molecule has 0 fully saturated rings. The van der Waals surface area contributed by atoms with E-state index in [-0.39, 0.29) is 0 Å². The van der Waals surface area contributed by atoms with Gasteiger partial charge in [-0.05, 0) is 29.7 Å². The molecule has 0 aliphatic rings. The molecule has 2 nitrogen and oxygen atoms in total. The average Bonchev–Trinajstić information content (AvgIpc) is 2.86. The van der Waals surface area contributed by atoms with Gasteiger partial charge in [-0.3, -0.25) is 0 Å². The van der Waals surface area contributed by atoms with Crippen molar-refractivity contribution in [2.45, 2.75) is 13.0 Å². The SMILES string of the molecule is COCCc1ccc(-c2ccc(CN)s2)cc1. The Kier molecular flexibility index (Phi) is 4.31. The van der Waals surface area contributed by atoms with E-state index in [1.54, 1.807) is 18.4 Å². The first-order valence-corrected chi connectivity index (χ1v) is 6.52. The van der Waals surface area contributed by atoms with Gasteiger partial charge in [0.05, 0.1) is 6.61 Å². The van der Waals surface area contributed by atoms with Crippen LogP contribution in [-0.2, 0) is 17.7 Å². The maximum atomic E-state index is 5.62. The molecule has 2 N–H and O–H groups in total. The van der Waals surface area contributed by atoms with E-state index in [0.717, 1.165) is 13.0 Å². The van der Waals surface area contributed by atoms with Gasteiger partial charge in [-0.15, -0.1) is 11.3 Å². The lowest BCUT2D eigenvalue weighted by Gasteiger charge is -2.02. The lowest BCUT2D eigenvalue weighted by Crippen LogP contribution is -1.93. The van der Waals surface area contributed by atoms with E-state index in [2.05, 4.69) is 36.4 Å². The van der Waals surface area contributed by atoms with Crippen LogP contribution in [0.2, 0.25) is 0 Å². The van der Waals surface area contributed by atoms with Gasteiger partial charge in [-0.25, -0.2) is 0 Å². The van der Waals surface area contributed by atoms with Gasteiger partial charge in [0.2, 0.25) is 0 Å². The predicted molar refractivity (Wildman–Crippen MR) is 73.2 cm³/mol. The van der Waals surface area contributed by atoms with Gasteiger partial charge in [0.1, 0.15) is 0 Å². The molecule has 0 saturated heterocycles. The minimum atomic E-state index is 0.622. The normalized spacial score (nSPS) is 10.7. The topological polar surface area (TPSA) is 35.2 Å². The highest BCUT2D eigenvalue weighted by Crippen LogP contribution is 2.28. The maximum absolute atomic E-state index is 5.62. The Morgan fingerprint density at radius 2 is 1.88 bits per heavy atom. The molecule has 1 aromatic heterocycles. The van der Waals surface area contributed by atoms with Gasteiger partial charge in [0, 0.05) is 23.4 Å². The summed E-state index contributed by atoms with van der Waals surface area (Å²) in [5.74, 6) is 0. The van der Waals surface area contributed by atoms with Crippen LogP contribution >= 0.6 is 11.3 Å². The third-order valence-electron chi connectivity index (χ3n) is 2.70. The Morgan fingerprint density at radius 3 is 2.47 bits per heavy atom. The minimum Gasteiger partial charge on any atom is -0.384 e. The maximum Gasteiger partial charge on any atom is 0.0502 e. The first-order valence-electron chi connectivity index (χ1n) is 5.70. The molecule has 0 unspecified atom stereocenters. The van der Waals surface area contributed by atoms with Gasteiger partial charge in [0.15, 0.2) is 0 Å². The third-order valence-corrected chi connectivity index (χ3v) is 3.85. The van der Waals surface area contributed by atoms with Crippen molar-refractivity contribution < 1.29 is 4.74 Å². The third kappa shape index (κ3) is 3.16. The Balaban J connectivity index is 2.11. The van der Waals surface area contributed by atoms with E-state index in [9.17, 15) is 0 Å². The van der Waals surface area contributed by atoms with Crippen molar-refractivity contribution in [1.29, 1.82) is 0 Å². The van der Waals surface area contributed by atoms with Crippen LogP contribution in [0.5, 0.6) is 0 Å². The fourth-order valence-corrected chi connectivity index (χ4v) is 2.59. The second-order valence-corrected chi connectivity index (χ2v) is 5.08. The van der Waals surface area contributed by atoms with Crippen LogP contribution < -0.4 is 5.73 Å². The summed E-state index contributed by atoms with van der Waals surface area (Å²) in [6.45, 7) is 1.40. The van der Waals surface area contributed by atoms with Gasteiger partial charge in [0.25, 0.3) is 0 Å². The summed E-state index contributed by atoms with van der Waals surface area (Å²) in [6.07, 6.45) is 0.968. The fraction of sp³-hybridized carbons (Fsp3) is 0.286. The van der Waals surface area contributed by atoms with Gasteiger partial charge >= 0.3 is 0 Å². The number of thiophene rings is 1. The van der Waals surface area contributed by atoms with Crippen LogP contribution in [0, 0.1) is 0 Å². The molecule has 1 heterocycles. The van der Waals surface area contributed by atoms with E-state index in [4.69, 9.17) is 10.5 Å². The summed E-state index contributed by atoms with van der Waals surface area (Å²) in [6, 6.07) is 12.9. The average molecular weight is 247 g/mol. The van der Waals surface area contributed by atoms with Crippen LogP contribution in [0.15, 0.2) is 36.4 Å². The van der Waals surface area contributed by atoms with Crippen molar-refractivity contribution in [3.05, 3.63) is 46.8 Å². The van der Waals surface area contributed by atoms with E-state index >= 15 is 0 Å². The number of nitrogens with two attached hydrogens (primary N) is 1. The highest BCUT2D eigenvalue weighted by molar-refractivity contribution is 7.15. The van der Waals surface area contributed by atoms with Crippen molar-refractivity contribution >= 4 is 11.3 Å². The van der Waals surface area contributed by atoms with Crippen LogP contribution in [0.3, 0.4) is 0 Å². The van der Waals surface area contributed by atoms with E-state index in [1.165, 1.54) is 20.9 Å². The second-order valence-electron chi connectivity index (χ2n) is 3.91. The molecule has 17 heavy (non-hydrogen) atoms. The van der Waals surface area contributed by atoms with Crippen molar-refractivity contribution in [1.82, 2.24) is 0 Å². The Morgan fingerprint density at radius 1 is 1.12 bits per heavy atom. The molecule has 0 aliphatic carbocycles. The molecule has 0 aliphatic heterocycles. The molecule has 1 aromatic carbocycles. The number of methoxy groups -OCH3 is 1. The first-order chi connectivity index (χ1) is 8.33. The molecular formula is C14H17NOS. The molecule has 2 rings (SSSR count). The summed E-state index contributed by atoms with van der Waals surface area (Å²) in [5.41, 5.74) is 8.19. The van der Waals surface area contributed by atoms with Gasteiger partial charge < -0.3 is 10.5 Å². The molecule has 0 bridgehead atoms. The van der Waals surface area contributed by atoms with Crippen LogP contribution in [0.1, 0.15) is 10.4 Å². The molecule has 2 aromatic rings. The van der Waals surface area contributed by atoms with Gasteiger partial charge in [-0.2, -0.15) is 0 Å². The van der Waals surface area contributed by atoms with E-state index in [1.807, 2.05) is 0 Å². The molecule has 3 heteroatoms. The summed E-state index contributed by atoms with van der Waals surface area (Å²) in [7, 11) is 1.73. The summed E-state index contributed by atoms with van der Waals surface area (Å²) >= 11 is 1.76. The number of rotatable bonds is 5. The highest BCUT2D eigenvalue weighted by Gasteiger charge is 2.02. The zero-order valence-corrected chi connectivity index (χ0v) is 10.8. The Hall–Kier alpha value is -1.16. The predicted octanol–water partition coefficient (Wildman–Crippen LogP) is 3.06. The first kappa shape index (κ1) is 12.3. The summed E-state index contributed by atoms with van der Waals surface area (Å²) in [5, 5.41) is 0. The van der Waals surface area contributed by atoms with Crippen molar-refractivity contribution in [2.24, 2.45) is 5.73 Å². The number of hydrogen-bond acceptors (Lipinski definition) is 3. The number of benzene rings is 1. The molecule has 0 saturated carbocycles. The molecule has 0 radical (unpaired) electrons. The zero-order chi connectivity index (χ0) is 12.1. The lowest BCUT2D eigenvalue weighted by molar-refractivity contribution is 0.202. The fourth-order valence-electron chi connectivity index (χ4n) is 1.70. The lowest BCUT2D eigenvalue weighted by atomic mass is 10.1. The van der Waals surface area contributed by atoms with Crippen LogP contribution in [-0.4, -0.2) is 13.7 Å². The van der Waals surface area contributed by atoms with Crippen LogP contribution in [0.25, 0.3) is 10.4 Å². The molecule has 0 spiro atoms.